The van der Waals surface area contributed by atoms with Crippen molar-refractivity contribution in [2.75, 3.05) is 20.7 Å². The maximum Gasteiger partial charge on any atom is 0.313 e. The van der Waals surface area contributed by atoms with Gasteiger partial charge in [-0.2, -0.15) is 0 Å². The highest BCUT2D eigenvalue weighted by Crippen LogP contribution is 2.42. The molecule has 0 atom stereocenters. The highest BCUT2D eigenvalue weighted by atomic mass is 19.1. The van der Waals surface area contributed by atoms with Gasteiger partial charge in [0.05, 0.1) is 12.5 Å². The van der Waals surface area contributed by atoms with E-state index in [0.29, 0.717) is 13.1 Å². The highest BCUT2D eigenvalue weighted by molar-refractivity contribution is 5.78. The number of hydrogen-bond acceptors (Lipinski definition) is 3. The van der Waals surface area contributed by atoms with Crippen molar-refractivity contribution in [3.05, 3.63) is 35.6 Å². The summed E-state index contributed by atoms with van der Waals surface area (Å²) >= 11 is 0. The van der Waals surface area contributed by atoms with E-state index in [0.717, 1.165) is 24.8 Å². The molecule has 104 valence electrons. The predicted octanol–water partition coefficient (Wildman–Crippen LogP) is 2.60. The second kappa shape index (κ2) is 5.70. The van der Waals surface area contributed by atoms with Crippen LogP contribution >= 0.6 is 0 Å². The molecule has 19 heavy (non-hydrogen) atoms. The fourth-order valence-corrected chi connectivity index (χ4v) is 2.77. The van der Waals surface area contributed by atoms with E-state index >= 15 is 0 Å². The fraction of sp³-hybridized carbons (Fsp3) is 0.533. The third kappa shape index (κ3) is 3.13. The Bertz CT molecular complexity index is 457. The van der Waals surface area contributed by atoms with Gasteiger partial charge in [0.1, 0.15) is 5.82 Å². The van der Waals surface area contributed by atoms with Crippen LogP contribution in [0.1, 0.15) is 24.8 Å². The van der Waals surface area contributed by atoms with Gasteiger partial charge in [-0.15, -0.1) is 0 Å². The van der Waals surface area contributed by atoms with Crippen molar-refractivity contribution in [1.29, 1.82) is 0 Å². The number of hydrogen-bond donors (Lipinski definition) is 0. The number of halogens is 1. The molecule has 1 aromatic rings. The van der Waals surface area contributed by atoms with E-state index in [4.69, 9.17) is 4.74 Å². The Morgan fingerprint density at radius 3 is 2.74 bits per heavy atom. The zero-order valence-corrected chi connectivity index (χ0v) is 11.5. The van der Waals surface area contributed by atoms with Crippen molar-refractivity contribution in [2.45, 2.75) is 25.8 Å². The van der Waals surface area contributed by atoms with E-state index in [2.05, 4.69) is 4.90 Å². The van der Waals surface area contributed by atoms with Crippen molar-refractivity contribution < 1.29 is 13.9 Å². The van der Waals surface area contributed by atoms with E-state index < -0.39 is 0 Å². The van der Waals surface area contributed by atoms with Crippen LogP contribution in [0.3, 0.4) is 0 Å². The van der Waals surface area contributed by atoms with Crippen LogP contribution in [0.5, 0.6) is 0 Å². The smallest absolute Gasteiger partial charge is 0.313 e. The Balaban J connectivity index is 1.97. The first-order valence-electron chi connectivity index (χ1n) is 6.57. The molecule has 1 fully saturated rings. The summed E-state index contributed by atoms with van der Waals surface area (Å²) in [5, 5.41) is 0. The quantitative estimate of drug-likeness (QED) is 0.766. The number of carbonyl (C=O) groups excluding carboxylic acids is 1. The van der Waals surface area contributed by atoms with Crippen molar-refractivity contribution in [1.82, 2.24) is 4.90 Å². The van der Waals surface area contributed by atoms with Crippen LogP contribution in [0.25, 0.3) is 0 Å². The minimum absolute atomic E-state index is 0.121. The summed E-state index contributed by atoms with van der Waals surface area (Å²) < 4.78 is 18.0. The number of benzene rings is 1. The Hall–Kier alpha value is -1.42. The maximum absolute atomic E-state index is 13.1. The summed E-state index contributed by atoms with van der Waals surface area (Å²) in [7, 11) is 3.39. The number of methoxy groups -OCH3 is 1. The van der Waals surface area contributed by atoms with Gasteiger partial charge in [-0.05, 0) is 37.6 Å². The molecule has 0 aliphatic heterocycles. The number of carbonyl (C=O) groups is 1. The van der Waals surface area contributed by atoms with Gasteiger partial charge in [-0.25, -0.2) is 4.39 Å². The minimum atomic E-state index is -0.350. The zero-order chi connectivity index (χ0) is 13.9. The van der Waals surface area contributed by atoms with Gasteiger partial charge in [0.15, 0.2) is 0 Å². The van der Waals surface area contributed by atoms with Crippen molar-refractivity contribution in [2.24, 2.45) is 5.41 Å². The van der Waals surface area contributed by atoms with Gasteiger partial charge < -0.3 is 9.64 Å². The number of rotatable bonds is 5. The molecule has 0 aromatic heterocycles. The molecule has 1 saturated carbocycles. The molecule has 1 aliphatic carbocycles. The molecule has 2 rings (SSSR count). The molecule has 4 heteroatoms. The SMILES string of the molecule is COC(=O)C1(CN(C)Cc2cccc(F)c2)CCC1. The normalized spacial score (nSPS) is 17.1. The average Bonchev–Trinajstić information content (AvgIpc) is 2.33. The fourth-order valence-electron chi connectivity index (χ4n) is 2.77. The van der Waals surface area contributed by atoms with E-state index in [1.54, 1.807) is 6.07 Å². The Labute approximate surface area is 113 Å². The van der Waals surface area contributed by atoms with Crippen LogP contribution in [-0.4, -0.2) is 31.6 Å². The molecule has 0 spiro atoms. The number of ether oxygens (including phenoxy) is 1. The molecule has 1 aromatic carbocycles. The van der Waals surface area contributed by atoms with Gasteiger partial charge in [0.2, 0.25) is 0 Å². The van der Waals surface area contributed by atoms with Gasteiger partial charge >= 0.3 is 5.97 Å². The topological polar surface area (TPSA) is 29.5 Å². The van der Waals surface area contributed by atoms with Crippen molar-refractivity contribution >= 4 is 5.97 Å². The van der Waals surface area contributed by atoms with E-state index in [9.17, 15) is 9.18 Å². The van der Waals surface area contributed by atoms with Crippen LogP contribution in [0, 0.1) is 11.2 Å². The molecule has 0 unspecified atom stereocenters. The molecule has 0 amide bonds. The monoisotopic (exact) mass is 265 g/mol. The second-order valence-electron chi connectivity index (χ2n) is 5.43. The summed E-state index contributed by atoms with van der Waals surface area (Å²) in [6.07, 6.45) is 2.84. The summed E-state index contributed by atoms with van der Waals surface area (Å²) in [5.41, 5.74) is 0.568. The van der Waals surface area contributed by atoms with Crippen molar-refractivity contribution in [3.63, 3.8) is 0 Å². The zero-order valence-electron chi connectivity index (χ0n) is 11.5. The predicted molar refractivity (Wildman–Crippen MR) is 71.0 cm³/mol. The summed E-state index contributed by atoms with van der Waals surface area (Å²) in [6.45, 7) is 1.30. The minimum Gasteiger partial charge on any atom is -0.469 e. The largest absolute Gasteiger partial charge is 0.469 e. The van der Waals surface area contributed by atoms with Crippen LogP contribution in [0.4, 0.5) is 4.39 Å². The van der Waals surface area contributed by atoms with Gasteiger partial charge in [-0.1, -0.05) is 18.6 Å². The molecule has 0 saturated heterocycles. The first-order valence-corrected chi connectivity index (χ1v) is 6.57. The first-order chi connectivity index (χ1) is 9.05. The molecule has 3 nitrogen and oxygen atoms in total. The maximum atomic E-state index is 13.1. The highest BCUT2D eigenvalue weighted by Gasteiger charge is 2.45. The van der Waals surface area contributed by atoms with Crippen LogP contribution < -0.4 is 0 Å². The molecule has 0 N–H and O–H groups in total. The average molecular weight is 265 g/mol. The lowest BCUT2D eigenvalue weighted by Gasteiger charge is -2.41. The van der Waals surface area contributed by atoms with Crippen LogP contribution in [0.15, 0.2) is 24.3 Å². The Morgan fingerprint density at radius 1 is 1.47 bits per heavy atom. The summed E-state index contributed by atoms with van der Waals surface area (Å²) in [6, 6.07) is 6.57. The Morgan fingerprint density at radius 2 is 2.21 bits per heavy atom. The van der Waals surface area contributed by atoms with Gasteiger partial charge in [0, 0.05) is 13.1 Å². The van der Waals surface area contributed by atoms with E-state index in [1.165, 1.54) is 19.2 Å². The van der Waals surface area contributed by atoms with Gasteiger partial charge in [-0.3, -0.25) is 4.79 Å². The lowest BCUT2D eigenvalue weighted by molar-refractivity contribution is -0.160. The number of esters is 1. The molecule has 0 bridgehead atoms. The molecular formula is C15H20FNO2. The lowest BCUT2D eigenvalue weighted by Crippen LogP contribution is -2.47. The van der Waals surface area contributed by atoms with Crippen molar-refractivity contribution in [3.8, 4) is 0 Å². The standard InChI is InChI=1S/C15H20FNO2/c1-17(10-12-5-3-6-13(16)9-12)11-15(7-4-8-15)14(18)19-2/h3,5-6,9H,4,7-8,10-11H2,1-2H3. The van der Waals surface area contributed by atoms with Gasteiger partial charge in [0.25, 0.3) is 0 Å². The lowest BCUT2D eigenvalue weighted by atomic mass is 9.68. The summed E-state index contributed by atoms with van der Waals surface area (Å²) in [5.74, 6) is -0.345. The first kappa shape index (κ1) is 14.0. The van der Waals surface area contributed by atoms with Crippen LogP contribution in [0.2, 0.25) is 0 Å². The third-order valence-corrected chi connectivity index (χ3v) is 3.84. The summed E-state index contributed by atoms with van der Waals surface area (Å²) in [4.78, 5) is 13.9. The molecule has 0 radical (unpaired) electrons. The molecule has 0 heterocycles. The molecule has 1 aliphatic rings. The third-order valence-electron chi connectivity index (χ3n) is 3.84. The second-order valence-corrected chi connectivity index (χ2v) is 5.43. The molecular weight excluding hydrogens is 245 g/mol. The van der Waals surface area contributed by atoms with E-state index in [1.807, 2.05) is 13.1 Å². The number of nitrogens with zero attached hydrogens (tertiary/aromatic N) is 1. The van der Waals surface area contributed by atoms with Crippen LogP contribution in [-0.2, 0) is 16.1 Å². The van der Waals surface area contributed by atoms with E-state index in [-0.39, 0.29) is 17.2 Å². The Kier molecular flexibility index (Phi) is 4.20.